The average Bonchev–Trinajstić information content (AvgIpc) is 2.59. The molecule has 0 spiro atoms. The molecule has 0 radical (unpaired) electrons. The Labute approximate surface area is 151 Å². The van der Waals surface area contributed by atoms with Crippen molar-refractivity contribution in [2.24, 2.45) is 0 Å². The third kappa shape index (κ3) is 7.33. The third-order valence-corrected chi connectivity index (χ3v) is 3.24. The van der Waals surface area contributed by atoms with Crippen LogP contribution in [0.15, 0.2) is 30.3 Å². The summed E-state index contributed by atoms with van der Waals surface area (Å²) in [7, 11) is 0. The maximum Gasteiger partial charge on any atom is 0.349 e. The Balaban J connectivity index is 2.81. The van der Waals surface area contributed by atoms with Gasteiger partial charge < -0.3 is 19.3 Å². The molecule has 8 nitrogen and oxygen atoms in total. The number of benzene rings is 1. The summed E-state index contributed by atoms with van der Waals surface area (Å²) in [4.78, 5) is 46.6. The predicted octanol–water partition coefficient (Wildman–Crippen LogP) is 2.02. The van der Waals surface area contributed by atoms with E-state index in [2.05, 4.69) is 0 Å². The summed E-state index contributed by atoms with van der Waals surface area (Å²) in [5.41, 5.74) is 0.237. The lowest BCUT2D eigenvalue weighted by Gasteiger charge is -2.19. The van der Waals surface area contributed by atoms with Crippen LogP contribution >= 0.6 is 0 Å². The van der Waals surface area contributed by atoms with Gasteiger partial charge in [-0.1, -0.05) is 43.7 Å². The first-order chi connectivity index (χ1) is 12.3. The lowest BCUT2D eigenvalue weighted by molar-refractivity contribution is -0.179. The van der Waals surface area contributed by atoms with Crippen LogP contribution in [-0.4, -0.2) is 41.7 Å². The van der Waals surface area contributed by atoms with Gasteiger partial charge in [0.25, 0.3) is 0 Å². The molecule has 0 amide bonds. The molecule has 0 heterocycles. The normalized spacial score (nSPS) is 12.5. The minimum absolute atomic E-state index is 0.180. The van der Waals surface area contributed by atoms with Crippen LogP contribution in [0.25, 0.3) is 0 Å². The fourth-order valence-corrected chi connectivity index (χ4v) is 1.99. The molecule has 0 bridgehead atoms. The Morgan fingerprint density at radius 2 is 1.73 bits per heavy atom. The zero-order valence-corrected chi connectivity index (χ0v) is 14.7. The lowest BCUT2D eigenvalue weighted by Crippen LogP contribution is -2.33. The predicted molar refractivity (Wildman–Crippen MR) is 88.9 cm³/mol. The van der Waals surface area contributed by atoms with Crippen molar-refractivity contribution in [3.63, 3.8) is 0 Å². The van der Waals surface area contributed by atoms with Gasteiger partial charge in [-0.05, 0) is 6.42 Å². The minimum atomic E-state index is -1.59. The summed E-state index contributed by atoms with van der Waals surface area (Å²) in [6, 6.07) is 7.82. The summed E-state index contributed by atoms with van der Waals surface area (Å²) in [5.74, 6) is -4.08. The van der Waals surface area contributed by atoms with Gasteiger partial charge in [-0.25, -0.2) is 9.59 Å². The number of ether oxygens (including phenoxy) is 3. The SMILES string of the molecule is CCCCOC(=O)C[C@H](OC(C)=O)C(=O)O[C@H](C(=O)O)c1ccccc1. The maximum atomic E-state index is 12.3. The standard InChI is InChI=1S/C18H22O8/c1-3-4-10-24-15(20)11-14(25-12(2)19)18(23)26-16(17(21)22)13-8-6-5-7-9-13/h5-9,14,16H,3-4,10-11H2,1-2H3,(H,21,22)/t14-,16-/m0/s1. The van der Waals surface area contributed by atoms with Crippen molar-refractivity contribution in [2.75, 3.05) is 6.61 Å². The maximum absolute atomic E-state index is 12.3. The molecule has 142 valence electrons. The van der Waals surface area contributed by atoms with Crippen molar-refractivity contribution < 1.29 is 38.5 Å². The number of aliphatic carboxylic acids is 1. The van der Waals surface area contributed by atoms with Gasteiger partial charge in [0, 0.05) is 12.5 Å². The quantitative estimate of drug-likeness (QED) is 0.380. The van der Waals surface area contributed by atoms with Crippen LogP contribution in [0, 0.1) is 0 Å². The van der Waals surface area contributed by atoms with E-state index < -0.39 is 42.5 Å². The van der Waals surface area contributed by atoms with Crippen molar-refractivity contribution in [2.45, 2.75) is 45.3 Å². The molecule has 1 aromatic carbocycles. The van der Waals surface area contributed by atoms with E-state index in [4.69, 9.17) is 14.2 Å². The highest BCUT2D eigenvalue weighted by Gasteiger charge is 2.32. The molecule has 0 fully saturated rings. The van der Waals surface area contributed by atoms with Crippen molar-refractivity contribution in [3.8, 4) is 0 Å². The second kappa shape index (κ2) is 10.9. The topological polar surface area (TPSA) is 116 Å². The summed E-state index contributed by atoms with van der Waals surface area (Å²) in [6.07, 6.45) is -2.24. The van der Waals surface area contributed by atoms with E-state index in [1.54, 1.807) is 18.2 Å². The Hall–Kier alpha value is -2.90. The Morgan fingerprint density at radius 3 is 2.27 bits per heavy atom. The second-order valence-corrected chi connectivity index (χ2v) is 5.44. The highest BCUT2D eigenvalue weighted by Crippen LogP contribution is 2.19. The Kier molecular flexibility index (Phi) is 8.83. The van der Waals surface area contributed by atoms with Gasteiger partial charge in [-0.15, -0.1) is 0 Å². The number of carbonyl (C=O) groups excluding carboxylic acids is 3. The van der Waals surface area contributed by atoms with E-state index in [-0.39, 0.29) is 12.2 Å². The van der Waals surface area contributed by atoms with E-state index >= 15 is 0 Å². The fraction of sp³-hybridized carbons (Fsp3) is 0.444. The van der Waals surface area contributed by atoms with Crippen molar-refractivity contribution in [1.29, 1.82) is 0 Å². The molecule has 0 aromatic heterocycles. The summed E-state index contributed by atoms with van der Waals surface area (Å²) < 4.78 is 14.7. The van der Waals surface area contributed by atoms with E-state index in [1.807, 2.05) is 6.92 Å². The van der Waals surface area contributed by atoms with Gasteiger partial charge in [0.1, 0.15) is 0 Å². The van der Waals surface area contributed by atoms with Gasteiger partial charge in [-0.2, -0.15) is 0 Å². The number of rotatable bonds is 10. The third-order valence-electron chi connectivity index (χ3n) is 3.24. The number of carbonyl (C=O) groups is 4. The molecule has 0 saturated carbocycles. The summed E-state index contributed by atoms with van der Waals surface area (Å²) >= 11 is 0. The summed E-state index contributed by atoms with van der Waals surface area (Å²) in [6.45, 7) is 3.16. The van der Waals surface area contributed by atoms with Crippen molar-refractivity contribution in [1.82, 2.24) is 0 Å². The molecular formula is C18H22O8. The number of carboxylic acid groups (broad SMARTS) is 1. The summed E-state index contributed by atoms with van der Waals surface area (Å²) in [5, 5.41) is 9.29. The van der Waals surface area contributed by atoms with Crippen LogP contribution in [0.1, 0.15) is 44.8 Å². The molecule has 2 atom stereocenters. The van der Waals surface area contributed by atoms with Crippen LogP contribution in [0.2, 0.25) is 0 Å². The van der Waals surface area contributed by atoms with Crippen molar-refractivity contribution in [3.05, 3.63) is 35.9 Å². The second-order valence-electron chi connectivity index (χ2n) is 5.44. The number of unbranched alkanes of at least 4 members (excludes halogenated alkanes) is 1. The van der Waals surface area contributed by atoms with E-state index in [0.717, 1.165) is 13.3 Å². The zero-order chi connectivity index (χ0) is 19.5. The number of esters is 3. The highest BCUT2D eigenvalue weighted by molar-refractivity contribution is 5.86. The molecule has 0 aliphatic rings. The Morgan fingerprint density at radius 1 is 1.08 bits per heavy atom. The van der Waals surface area contributed by atoms with Gasteiger partial charge in [-0.3, -0.25) is 9.59 Å². The first-order valence-electron chi connectivity index (χ1n) is 8.16. The molecule has 1 aromatic rings. The molecule has 26 heavy (non-hydrogen) atoms. The van der Waals surface area contributed by atoms with Crippen LogP contribution in [0.4, 0.5) is 0 Å². The van der Waals surface area contributed by atoms with Gasteiger partial charge in [0.2, 0.25) is 12.2 Å². The number of hydrogen-bond acceptors (Lipinski definition) is 7. The molecule has 0 saturated heterocycles. The van der Waals surface area contributed by atoms with E-state index in [9.17, 15) is 24.3 Å². The molecule has 0 aliphatic carbocycles. The van der Waals surface area contributed by atoms with Crippen LogP contribution in [0.5, 0.6) is 0 Å². The van der Waals surface area contributed by atoms with Crippen LogP contribution in [-0.2, 0) is 33.4 Å². The highest BCUT2D eigenvalue weighted by atomic mass is 16.6. The smallest absolute Gasteiger partial charge is 0.349 e. The van der Waals surface area contributed by atoms with E-state index in [1.165, 1.54) is 12.1 Å². The first-order valence-corrected chi connectivity index (χ1v) is 8.16. The molecular weight excluding hydrogens is 344 g/mol. The van der Waals surface area contributed by atoms with E-state index in [0.29, 0.717) is 6.42 Å². The first kappa shape index (κ1) is 21.1. The van der Waals surface area contributed by atoms with Crippen LogP contribution in [0.3, 0.4) is 0 Å². The molecule has 0 unspecified atom stereocenters. The van der Waals surface area contributed by atoms with Gasteiger partial charge in [0.05, 0.1) is 13.0 Å². The fourth-order valence-electron chi connectivity index (χ4n) is 1.99. The molecule has 1 rings (SSSR count). The van der Waals surface area contributed by atoms with Crippen molar-refractivity contribution >= 4 is 23.9 Å². The zero-order valence-electron chi connectivity index (χ0n) is 14.7. The molecule has 0 aliphatic heterocycles. The monoisotopic (exact) mass is 366 g/mol. The van der Waals surface area contributed by atoms with Gasteiger partial charge >= 0.3 is 23.9 Å². The number of carboxylic acids is 1. The number of hydrogen-bond donors (Lipinski definition) is 1. The Bertz CT molecular complexity index is 625. The van der Waals surface area contributed by atoms with Crippen LogP contribution < -0.4 is 0 Å². The lowest BCUT2D eigenvalue weighted by atomic mass is 10.1. The largest absolute Gasteiger partial charge is 0.478 e. The van der Waals surface area contributed by atoms with Gasteiger partial charge in [0.15, 0.2) is 0 Å². The average molecular weight is 366 g/mol. The molecule has 1 N–H and O–H groups in total. The minimum Gasteiger partial charge on any atom is -0.478 e. The molecule has 8 heteroatoms.